The number of anilines is 1. The average molecular weight is 396 g/mol. The minimum Gasteiger partial charge on any atom is -0.369 e. The van der Waals surface area contributed by atoms with Gasteiger partial charge in [0.25, 0.3) is 5.56 Å². The van der Waals surface area contributed by atoms with Gasteiger partial charge >= 0.3 is 0 Å². The van der Waals surface area contributed by atoms with E-state index in [1.165, 1.54) is 5.56 Å². The maximum Gasteiger partial charge on any atom is 0.266 e. The molecule has 3 heterocycles. The predicted octanol–water partition coefficient (Wildman–Crippen LogP) is 1.77. The predicted molar refractivity (Wildman–Crippen MR) is 113 cm³/mol. The molecule has 2 saturated heterocycles. The maximum atomic E-state index is 12.8. The first kappa shape index (κ1) is 19.6. The zero-order valence-electron chi connectivity index (χ0n) is 16.7. The number of nitrogens with one attached hydrogen (secondary N) is 2. The summed E-state index contributed by atoms with van der Waals surface area (Å²) in [6, 6.07) is 12.3. The Morgan fingerprint density at radius 2 is 1.93 bits per heavy atom. The molecule has 1 amide bonds. The first-order chi connectivity index (χ1) is 14.2. The highest BCUT2D eigenvalue weighted by Gasteiger charge is 2.29. The van der Waals surface area contributed by atoms with E-state index in [9.17, 15) is 9.59 Å². The number of amides is 1. The topological polar surface area (TPSA) is 81.3 Å². The Labute approximate surface area is 171 Å². The number of piperidine rings is 2. The molecule has 2 aliphatic heterocycles. The summed E-state index contributed by atoms with van der Waals surface area (Å²) in [5, 5.41) is 9.56. The number of rotatable bonds is 5. The Hall–Kier alpha value is -2.67. The van der Waals surface area contributed by atoms with Crippen LogP contribution in [0.5, 0.6) is 0 Å². The highest BCUT2D eigenvalue weighted by atomic mass is 16.2. The summed E-state index contributed by atoms with van der Waals surface area (Å²) in [6.45, 7) is 4.49. The second-order valence-electron chi connectivity index (χ2n) is 8.13. The Morgan fingerprint density at radius 3 is 2.69 bits per heavy atom. The van der Waals surface area contributed by atoms with Gasteiger partial charge in [0.05, 0.1) is 17.8 Å². The summed E-state index contributed by atoms with van der Waals surface area (Å²) in [7, 11) is 0. The lowest BCUT2D eigenvalue weighted by Crippen LogP contribution is -2.49. The van der Waals surface area contributed by atoms with Crippen LogP contribution in [0.2, 0.25) is 0 Å². The van der Waals surface area contributed by atoms with E-state index in [1.54, 1.807) is 12.3 Å². The van der Waals surface area contributed by atoms with Gasteiger partial charge in [-0.1, -0.05) is 30.3 Å². The van der Waals surface area contributed by atoms with Crippen LogP contribution in [0.25, 0.3) is 0 Å². The van der Waals surface area contributed by atoms with Crippen molar-refractivity contribution in [3.63, 3.8) is 0 Å². The summed E-state index contributed by atoms with van der Waals surface area (Å²) in [6.07, 6.45) is 5.48. The standard InChI is InChI=1S/C22H29N5O2/c28-21-13-20(14-23-25-21)27-10-4-7-18(16-27)22(29)24-19-8-11-26(12-9-19)15-17-5-2-1-3-6-17/h1-3,5-6,13-14,18-19H,4,7-12,15-16H2,(H,24,29)(H,25,28)/t18-/m1/s1. The molecule has 0 saturated carbocycles. The summed E-state index contributed by atoms with van der Waals surface area (Å²) < 4.78 is 0. The fraction of sp³-hybridized carbons (Fsp3) is 0.500. The largest absolute Gasteiger partial charge is 0.369 e. The van der Waals surface area contributed by atoms with Crippen LogP contribution in [-0.2, 0) is 11.3 Å². The van der Waals surface area contributed by atoms with Crippen LogP contribution in [0, 0.1) is 5.92 Å². The van der Waals surface area contributed by atoms with E-state index in [0.717, 1.165) is 57.5 Å². The second kappa shape index (κ2) is 9.22. The number of likely N-dealkylation sites (tertiary alicyclic amines) is 1. The van der Waals surface area contributed by atoms with Gasteiger partial charge in [0.15, 0.2) is 0 Å². The van der Waals surface area contributed by atoms with Crippen LogP contribution in [-0.4, -0.2) is 53.2 Å². The number of hydrogen-bond donors (Lipinski definition) is 2. The molecule has 1 atom stereocenters. The van der Waals surface area contributed by atoms with Gasteiger partial charge in [0.2, 0.25) is 5.91 Å². The van der Waals surface area contributed by atoms with Crippen molar-refractivity contribution >= 4 is 11.6 Å². The molecule has 4 rings (SSSR count). The van der Waals surface area contributed by atoms with E-state index in [0.29, 0.717) is 6.54 Å². The van der Waals surface area contributed by atoms with E-state index in [4.69, 9.17) is 0 Å². The molecular weight excluding hydrogens is 366 g/mol. The summed E-state index contributed by atoms with van der Waals surface area (Å²) in [4.78, 5) is 28.9. The molecule has 0 radical (unpaired) electrons. The third-order valence-electron chi connectivity index (χ3n) is 5.99. The van der Waals surface area contributed by atoms with E-state index in [1.807, 2.05) is 6.07 Å². The molecular formula is C22H29N5O2. The Morgan fingerprint density at radius 1 is 1.14 bits per heavy atom. The van der Waals surface area contributed by atoms with Crippen molar-refractivity contribution < 1.29 is 4.79 Å². The molecule has 0 spiro atoms. The molecule has 2 fully saturated rings. The summed E-state index contributed by atoms with van der Waals surface area (Å²) in [5.74, 6) is 0.111. The SMILES string of the molecule is O=C(NC1CCN(Cc2ccccc2)CC1)[C@@H]1CCCN(c2cn[nH]c(=O)c2)C1. The van der Waals surface area contributed by atoms with Gasteiger partial charge in [-0.25, -0.2) is 5.10 Å². The zero-order chi connectivity index (χ0) is 20.1. The van der Waals surface area contributed by atoms with Gasteiger partial charge in [0, 0.05) is 44.8 Å². The fourth-order valence-corrected chi connectivity index (χ4v) is 4.36. The smallest absolute Gasteiger partial charge is 0.266 e. The maximum absolute atomic E-state index is 12.8. The minimum absolute atomic E-state index is 0.0367. The van der Waals surface area contributed by atoms with Gasteiger partial charge in [-0.15, -0.1) is 0 Å². The highest BCUT2D eigenvalue weighted by molar-refractivity contribution is 5.80. The third kappa shape index (κ3) is 5.23. The number of carbonyl (C=O) groups excluding carboxylic acids is 1. The van der Waals surface area contributed by atoms with Gasteiger partial charge < -0.3 is 10.2 Å². The number of aromatic nitrogens is 2. The monoisotopic (exact) mass is 395 g/mol. The van der Waals surface area contributed by atoms with E-state index in [-0.39, 0.29) is 23.4 Å². The van der Waals surface area contributed by atoms with Crippen molar-refractivity contribution in [3.8, 4) is 0 Å². The van der Waals surface area contributed by atoms with Crippen LogP contribution in [0.4, 0.5) is 5.69 Å². The van der Waals surface area contributed by atoms with Gasteiger partial charge in [-0.05, 0) is 31.2 Å². The Kier molecular flexibility index (Phi) is 6.24. The normalized spacial score (nSPS) is 21.1. The van der Waals surface area contributed by atoms with Crippen LogP contribution >= 0.6 is 0 Å². The van der Waals surface area contributed by atoms with Gasteiger partial charge in [0.1, 0.15) is 0 Å². The number of nitrogens with zero attached hydrogens (tertiary/aromatic N) is 3. The molecule has 0 unspecified atom stereocenters. The molecule has 7 nitrogen and oxygen atoms in total. The number of hydrogen-bond acceptors (Lipinski definition) is 5. The molecule has 2 N–H and O–H groups in total. The quantitative estimate of drug-likeness (QED) is 0.806. The van der Waals surface area contributed by atoms with Crippen molar-refractivity contribution in [2.45, 2.75) is 38.3 Å². The van der Waals surface area contributed by atoms with E-state index < -0.39 is 0 Å². The number of H-pyrrole nitrogens is 1. The Bertz CT molecular complexity index is 861. The fourth-order valence-electron chi connectivity index (χ4n) is 4.36. The van der Waals surface area contributed by atoms with Crippen molar-refractivity contribution in [1.29, 1.82) is 0 Å². The highest BCUT2D eigenvalue weighted by Crippen LogP contribution is 2.22. The Balaban J connectivity index is 1.26. The van der Waals surface area contributed by atoms with Gasteiger partial charge in [-0.3, -0.25) is 14.5 Å². The van der Waals surface area contributed by atoms with E-state index in [2.05, 4.69) is 49.6 Å². The molecule has 7 heteroatoms. The molecule has 1 aromatic carbocycles. The van der Waals surface area contributed by atoms with Crippen molar-refractivity contribution in [2.24, 2.45) is 5.92 Å². The molecule has 1 aromatic heterocycles. The average Bonchev–Trinajstić information content (AvgIpc) is 2.76. The molecule has 154 valence electrons. The molecule has 2 aromatic rings. The second-order valence-corrected chi connectivity index (χ2v) is 8.13. The molecule has 29 heavy (non-hydrogen) atoms. The lowest BCUT2D eigenvalue weighted by atomic mass is 9.95. The van der Waals surface area contributed by atoms with Crippen LogP contribution in [0.3, 0.4) is 0 Å². The van der Waals surface area contributed by atoms with Crippen molar-refractivity contribution in [1.82, 2.24) is 20.4 Å². The number of carbonyl (C=O) groups is 1. The lowest BCUT2D eigenvalue weighted by molar-refractivity contribution is -0.126. The first-order valence-electron chi connectivity index (χ1n) is 10.5. The van der Waals surface area contributed by atoms with Crippen LogP contribution in [0.15, 0.2) is 47.4 Å². The summed E-state index contributed by atoms with van der Waals surface area (Å²) >= 11 is 0. The van der Waals surface area contributed by atoms with Gasteiger partial charge in [-0.2, -0.15) is 5.10 Å². The van der Waals surface area contributed by atoms with Crippen molar-refractivity contribution in [3.05, 3.63) is 58.5 Å². The van der Waals surface area contributed by atoms with Crippen LogP contribution < -0.4 is 15.8 Å². The van der Waals surface area contributed by atoms with Crippen LogP contribution in [0.1, 0.15) is 31.2 Å². The molecule has 0 aliphatic carbocycles. The third-order valence-corrected chi connectivity index (χ3v) is 5.99. The number of benzene rings is 1. The van der Waals surface area contributed by atoms with Crippen molar-refractivity contribution in [2.75, 3.05) is 31.1 Å². The minimum atomic E-state index is -0.212. The molecule has 2 aliphatic rings. The van der Waals surface area contributed by atoms with E-state index >= 15 is 0 Å². The lowest BCUT2D eigenvalue weighted by Gasteiger charge is -2.36. The number of aromatic amines is 1. The zero-order valence-corrected chi connectivity index (χ0v) is 16.7. The summed E-state index contributed by atoms with van der Waals surface area (Å²) in [5.41, 5.74) is 1.92. The first-order valence-corrected chi connectivity index (χ1v) is 10.5. The molecule has 0 bridgehead atoms.